The SMILES string of the molecule is CNS(=O)(=O)c1cc(C(=O)N2CCN(c3cccc(Cl)n3)CC2)cc(C)c1C. The molecule has 0 radical (unpaired) electrons. The summed E-state index contributed by atoms with van der Waals surface area (Å²) >= 11 is 5.96. The number of benzene rings is 1. The number of anilines is 1. The molecule has 1 N–H and O–H groups in total. The first-order chi connectivity index (χ1) is 13.2. The van der Waals surface area contributed by atoms with Crippen LogP contribution in [0.3, 0.4) is 0 Å². The van der Waals surface area contributed by atoms with E-state index in [1.165, 1.54) is 13.1 Å². The molecule has 9 heteroatoms. The number of carbonyl (C=O) groups excluding carboxylic acids is 1. The van der Waals surface area contributed by atoms with Crippen molar-refractivity contribution in [1.82, 2.24) is 14.6 Å². The summed E-state index contributed by atoms with van der Waals surface area (Å²) in [5.74, 6) is 0.613. The molecule has 0 aliphatic carbocycles. The molecule has 2 heterocycles. The number of nitrogens with zero attached hydrogens (tertiary/aromatic N) is 3. The standard InChI is InChI=1S/C19H23ClN4O3S/c1-13-11-15(12-16(14(13)2)28(26,27)21-3)19(25)24-9-7-23(8-10-24)18-6-4-5-17(20)22-18/h4-6,11-12,21H,7-10H2,1-3H3. The third-order valence-electron chi connectivity index (χ3n) is 5.02. The summed E-state index contributed by atoms with van der Waals surface area (Å²) in [7, 11) is -2.27. The van der Waals surface area contributed by atoms with Gasteiger partial charge in [0.25, 0.3) is 5.91 Å². The molecule has 1 aromatic carbocycles. The van der Waals surface area contributed by atoms with Crippen LogP contribution in [0.2, 0.25) is 5.15 Å². The Kier molecular flexibility index (Phi) is 5.92. The number of pyridine rings is 1. The van der Waals surface area contributed by atoms with Gasteiger partial charge in [-0.2, -0.15) is 0 Å². The Balaban J connectivity index is 1.79. The molecule has 1 aromatic heterocycles. The van der Waals surface area contributed by atoms with Crippen molar-refractivity contribution in [3.63, 3.8) is 0 Å². The molecule has 0 spiro atoms. The van der Waals surface area contributed by atoms with E-state index in [4.69, 9.17) is 11.6 Å². The summed E-state index contributed by atoms with van der Waals surface area (Å²) in [6, 6.07) is 8.67. The number of sulfonamides is 1. The molecule has 1 aliphatic rings. The largest absolute Gasteiger partial charge is 0.353 e. The maximum atomic E-state index is 13.0. The number of halogens is 1. The summed E-state index contributed by atoms with van der Waals surface area (Å²) in [6.07, 6.45) is 0. The highest BCUT2D eigenvalue weighted by Crippen LogP contribution is 2.23. The minimum Gasteiger partial charge on any atom is -0.353 e. The molecule has 1 fully saturated rings. The van der Waals surface area contributed by atoms with Crippen LogP contribution in [-0.4, -0.2) is 57.4 Å². The molecule has 3 rings (SSSR count). The number of piperazine rings is 1. The minimum absolute atomic E-state index is 0.139. The fourth-order valence-electron chi connectivity index (χ4n) is 3.23. The van der Waals surface area contributed by atoms with Gasteiger partial charge in [-0.15, -0.1) is 0 Å². The first kappa shape index (κ1) is 20.6. The van der Waals surface area contributed by atoms with Crippen LogP contribution in [0.15, 0.2) is 35.2 Å². The topological polar surface area (TPSA) is 82.6 Å². The molecule has 0 saturated carbocycles. The minimum atomic E-state index is -3.64. The molecular formula is C19H23ClN4O3S. The van der Waals surface area contributed by atoms with E-state index >= 15 is 0 Å². The Bertz CT molecular complexity index is 1000. The number of aromatic nitrogens is 1. The number of rotatable bonds is 4. The van der Waals surface area contributed by atoms with Gasteiger partial charge in [0.05, 0.1) is 4.90 Å². The highest BCUT2D eigenvalue weighted by Gasteiger charge is 2.25. The highest BCUT2D eigenvalue weighted by atomic mass is 35.5. The summed E-state index contributed by atoms with van der Waals surface area (Å²) < 4.78 is 26.9. The average molecular weight is 423 g/mol. The van der Waals surface area contributed by atoms with Gasteiger partial charge >= 0.3 is 0 Å². The van der Waals surface area contributed by atoms with Crippen molar-refractivity contribution in [2.45, 2.75) is 18.7 Å². The van der Waals surface area contributed by atoms with Crippen molar-refractivity contribution >= 4 is 33.3 Å². The van der Waals surface area contributed by atoms with E-state index in [2.05, 4.69) is 14.6 Å². The van der Waals surface area contributed by atoms with Gasteiger partial charge in [0, 0.05) is 31.7 Å². The number of amides is 1. The first-order valence-electron chi connectivity index (χ1n) is 8.94. The van der Waals surface area contributed by atoms with E-state index in [1.807, 2.05) is 19.1 Å². The Labute approximate surface area is 170 Å². The van der Waals surface area contributed by atoms with E-state index in [0.29, 0.717) is 42.5 Å². The molecule has 2 aromatic rings. The van der Waals surface area contributed by atoms with Crippen molar-refractivity contribution in [1.29, 1.82) is 0 Å². The second kappa shape index (κ2) is 8.06. The van der Waals surface area contributed by atoms with E-state index in [9.17, 15) is 13.2 Å². The molecule has 1 amide bonds. The Morgan fingerprint density at radius 1 is 1.14 bits per heavy atom. The fraction of sp³-hybridized carbons (Fsp3) is 0.368. The van der Waals surface area contributed by atoms with E-state index in [1.54, 1.807) is 24.0 Å². The zero-order valence-electron chi connectivity index (χ0n) is 16.1. The predicted molar refractivity (Wildman–Crippen MR) is 110 cm³/mol. The lowest BCUT2D eigenvalue weighted by Crippen LogP contribution is -2.49. The summed E-state index contributed by atoms with van der Waals surface area (Å²) in [6.45, 7) is 5.85. The third kappa shape index (κ3) is 4.14. The predicted octanol–water partition coefficient (Wildman–Crippen LogP) is 2.22. The van der Waals surface area contributed by atoms with Crippen LogP contribution < -0.4 is 9.62 Å². The van der Waals surface area contributed by atoms with Crippen molar-refractivity contribution in [2.24, 2.45) is 0 Å². The quantitative estimate of drug-likeness (QED) is 0.764. The van der Waals surface area contributed by atoms with E-state index in [-0.39, 0.29) is 10.8 Å². The zero-order valence-corrected chi connectivity index (χ0v) is 17.6. The Morgan fingerprint density at radius 2 is 1.82 bits per heavy atom. The van der Waals surface area contributed by atoms with Crippen LogP contribution in [0.4, 0.5) is 5.82 Å². The molecule has 7 nitrogen and oxygen atoms in total. The number of carbonyl (C=O) groups is 1. The van der Waals surface area contributed by atoms with Crippen LogP contribution in [0.25, 0.3) is 0 Å². The molecule has 1 aliphatic heterocycles. The van der Waals surface area contributed by atoms with Crippen molar-refractivity contribution in [2.75, 3.05) is 38.1 Å². The summed E-state index contributed by atoms with van der Waals surface area (Å²) in [4.78, 5) is 21.2. The summed E-state index contributed by atoms with van der Waals surface area (Å²) in [5, 5.41) is 0.435. The fourth-order valence-corrected chi connectivity index (χ4v) is 4.46. The molecule has 0 bridgehead atoms. The number of aryl methyl sites for hydroxylation is 1. The molecule has 0 atom stereocenters. The number of nitrogens with one attached hydrogen (secondary N) is 1. The zero-order chi connectivity index (χ0) is 20.5. The van der Waals surface area contributed by atoms with Gasteiger partial charge in [-0.25, -0.2) is 18.1 Å². The van der Waals surface area contributed by atoms with Crippen LogP contribution in [0.1, 0.15) is 21.5 Å². The van der Waals surface area contributed by atoms with Gasteiger partial charge in [0.15, 0.2) is 0 Å². The van der Waals surface area contributed by atoms with Crippen molar-refractivity contribution in [3.05, 3.63) is 52.2 Å². The lowest BCUT2D eigenvalue weighted by Gasteiger charge is -2.35. The normalized spacial score (nSPS) is 15.0. The van der Waals surface area contributed by atoms with Gasteiger partial charge in [0.1, 0.15) is 11.0 Å². The second-order valence-corrected chi connectivity index (χ2v) is 8.96. The smallest absolute Gasteiger partial charge is 0.254 e. The first-order valence-corrected chi connectivity index (χ1v) is 10.8. The van der Waals surface area contributed by atoms with Gasteiger partial charge in [-0.05, 0) is 56.3 Å². The molecule has 0 unspecified atom stereocenters. The van der Waals surface area contributed by atoms with Crippen LogP contribution >= 0.6 is 11.6 Å². The molecule has 28 heavy (non-hydrogen) atoms. The van der Waals surface area contributed by atoms with Crippen molar-refractivity contribution in [3.8, 4) is 0 Å². The highest BCUT2D eigenvalue weighted by molar-refractivity contribution is 7.89. The maximum Gasteiger partial charge on any atom is 0.254 e. The van der Waals surface area contributed by atoms with E-state index < -0.39 is 10.0 Å². The van der Waals surface area contributed by atoms with Crippen LogP contribution in [0, 0.1) is 13.8 Å². The average Bonchev–Trinajstić information content (AvgIpc) is 2.69. The number of hydrogen-bond acceptors (Lipinski definition) is 5. The van der Waals surface area contributed by atoms with Gasteiger partial charge in [-0.1, -0.05) is 17.7 Å². The van der Waals surface area contributed by atoms with Gasteiger partial charge < -0.3 is 9.80 Å². The molecule has 150 valence electrons. The maximum absolute atomic E-state index is 13.0. The summed E-state index contributed by atoms with van der Waals surface area (Å²) in [5.41, 5.74) is 1.79. The van der Waals surface area contributed by atoms with Crippen LogP contribution in [0.5, 0.6) is 0 Å². The van der Waals surface area contributed by atoms with Crippen LogP contribution in [-0.2, 0) is 10.0 Å². The lowest BCUT2D eigenvalue weighted by atomic mass is 10.0. The van der Waals surface area contributed by atoms with Crippen molar-refractivity contribution < 1.29 is 13.2 Å². The molecular weight excluding hydrogens is 400 g/mol. The number of hydrogen-bond donors (Lipinski definition) is 1. The van der Waals surface area contributed by atoms with Gasteiger partial charge in [0.2, 0.25) is 10.0 Å². The molecule has 1 saturated heterocycles. The third-order valence-corrected chi connectivity index (χ3v) is 6.77. The monoisotopic (exact) mass is 422 g/mol. The van der Waals surface area contributed by atoms with E-state index in [0.717, 1.165) is 11.4 Å². The van der Waals surface area contributed by atoms with Gasteiger partial charge in [-0.3, -0.25) is 4.79 Å². The Hall–Kier alpha value is -2.16. The second-order valence-electron chi connectivity index (χ2n) is 6.72. The lowest BCUT2D eigenvalue weighted by molar-refractivity contribution is 0.0746. The Morgan fingerprint density at radius 3 is 2.43 bits per heavy atom.